The van der Waals surface area contributed by atoms with Gasteiger partial charge in [-0.15, -0.1) is 11.3 Å². The molecule has 3 rings (SSSR count). The lowest BCUT2D eigenvalue weighted by molar-refractivity contribution is 0.0780. The highest BCUT2D eigenvalue weighted by atomic mass is 32.1. The zero-order valence-corrected chi connectivity index (χ0v) is 12.9. The molecule has 0 saturated carbocycles. The van der Waals surface area contributed by atoms with Gasteiger partial charge in [-0.05, 0) is 41.5 Å². The van der Waals surface area contributed by atoms with Crippen molar-refractivity contribution in [2.75, 3.05) is 7.05 Å². The summed E-state index contributed by atoms with van der Waals surface area (Å²) in [4.78, 5) is 18.4. The Morgan fingerprint density at radius 1 is 1.19 bits per heavy atom. The standard InChI is InChI=1S/C17H16N2OS/c1-12-6-5-8-15(18-12)17(20)19(2)10-13-11-21-16-9-4-3-7-14(13)16/h3-9,11H,10H2,1-2H3. The smallest absolute Gasteiger partial charge is 0.272 e. The highest BCUT2D eigenvalue weighted by Crippen LogP contribution is 2.26. The maximum Gasteiger partial charge on any atom is 0.272 e. The molecule has 1 aromatic carbocycles. The maximum absolute atomic E-state index is 12.4. The highest BCUT2D eigenvalue weighted by Gasteiger charge is 2.15. The van der Waals surface area contributed by atoms with Crippen molar-refractivity contribution in [3.63, 3.8) is 0 Å². The Bertz CT molecular complexity index is 794. The molecule has 106 valence electrons. The number of nitrogens with zero attached hydrogens (tertiary/aromatic N) is 2. The Morgan fingerprint density at radius 3 is 2.81 bits per heavy atom. The molecule has 0 N–H and O–H groups in total. The van der Waals surface area contributed by atoms with E-state index >= 15 is 0 Å². The normalized spacial score (nSPS) is 10.8. The predicted octanol–water partition coefficient (Wildman–Crippen LogP) is 3.88. The summed E-state index contributed by atoms with van der Waals surface area (Å²) in [5.41, 5.74) is 2.53. The summed E-state index contributed by atoms with van der Waals surface area (Å²) >= 11 is 1.71. The van der Waals surface area contributed by atoms with Gasteiger partial charge in [-0.3, -0.25) is 4.79 Å². The van der Waals surface area contributed by atoms with Crippen LogP contribution in [0.2, 0.25) is 0 Å². The number of aryl methyl sites for hydroxylation is 1. The van der Waals surface area contributed by atoms with Gasteiger partial charge < -0.3 is 4.90 Å². The maximum atomic E-state index is 12.4. The van der Waals surface area contributed by atoms with Crippen molar-refractivity contribution in [1.29, 1.82) is 0 Å². The van der Waals surface area contributed by atoms with E-state index in [0.717, 1.165) is 5.69 Å². The van der Waals surface area contributed by atoms with E-state index in [1.165, 1.54) is 15.6 Å². The lowest BCUT2D eigenvalue weighted by atomic mass is 10.1. The van der Waals surface area contributed by atoms with Crippen LogP contribution in [0.15, 0.2) is 47.8 Å². The number of aromatic nitrogens is 1. The molecule has 0 aliphatic rings. The van der Waals surface area contributed by atoms with Gasteiger partial charge in [0.05, 0.1) is 0 Å². The molecule has 0 aliphatic heterocycles. The van der Waals surface area contributed by atoms with E-state index in [9.17, 15) is 4.79 Å². The molecule has 2 heterocycles. The molecule has 0 radical (unpaired) electrons. The second-order valence-electron chi connectivity index (χ2n) is 5.08. The largest absolute Gasteiger partial charge is 0.336 e. The van der Waals surface area contributed by atoms with Crippen LogP contribution in [0.25, 0.3) is 10.1 Å². The van der Waals surface area contributed by atoms with Crippen molar-refractivity contribution in [3.8, 4) is 0 Å². The Kier molecular flexibility index (Phi) is 3.71. The van der Waals surface area contributed by atoms with Crippen molar-refractivity contribution in [3.05, 3.63) is 64.8 Å². The van der Waals surface area contributed by atoms with Gasteiger partial charge in [-0.2, -0.15) is 0 Å². The molecule has 1 amide bonds. The summed E-state index contributed by atoms with van der Waals surface area (Å²) in [5.74, 6) is -0.0472. The molecular formula is C17H16N2OS. The molecule has 0 aliphatic carbocycles. The Morgan fingerprint density at radius 2 is 2.00 bits per heavy atom. The number of rotatable bonds is 3. The van der Waals surface area contributed by atoms with Gasteiger partial charge >= 0.3 is 0 Å². The first-order valence-corrected chi connectivity index (χ1v) is 7.67. The third-order valence-corrected chi connectivity index (χ3v) is 4.44. The summed E-state index contributed by atoms with van der Waals surface area (Å²) in [7, 11) is 1.82. The molecular weight excluding hydrogens is 280 g/mol. The lowest BCUT2D eigenvalue weighted by Crippen LogP contribution is -2.27. The molecule has 3 nitrogen and oxygen atoms in total. The van der Waals surface area contributed by atoms with E-state index in [2.05, 4.69) is 22.5 Å². The summed E-state index contributed by atoms with van der Waals surface area (Å²) in [6, 6.07) is 13.8. The minimum Gasteiger partial charge on any atom is -0.336 e. The average molecular weight is 296 g/mol. The van der Waals surface area contributed by atoms with E-state index in [0.29, 0.717) is 12.2 Å². The first-order chi connectivity index (χ1) is 10.1. The number of benzene rings is 1. The number of hydrogen-bond donors (Lipinski definition) is 0. The first-order valence-electron chi connectivity index (χ1n) is 6.79. The SMILES string of the molecule is Cc1cccc(C(=O)N(C)Cc2csc3ccccc23)n1. The number of amides is 1. The van der Waals surface area contributed by atoms with Crippen LogP contribution < -0.4 is 0 Å². The topological polar surface area (TPSA) is 33.2 Å². The summed E-state index contributed by atoms with van der Waals surface area (Å²) in [6.45, 7) is 2.49. The van der Waals surface area contributed by atoms with Crippen LogP contribution in [-0.2, 0) is 6.54 Å². The Hall–Kier alpha value is -2.20. The minimum absolute atomic E-state index is 0.0472. The molecule has 3 aromatic rings. The second-order valence-corrected chi connectivity index (χ2v) is 5.99. The highest BCUT2D eigenvalue weighted by molar-refractivity contribution is 7.17. The number of fused-ring (bicyclic) bond motifs is 1. The average Bonchev–Trinajstić information content (AvgIpc) is 2.90. The number of carbonyl (C=O) groups excluding carboxylic acids is 1. The molecule has 0 spiro atoms. The number of pyridine rings is 1. The van der Waals surface area contributed by atoms with Gasteiger partial charge in [0.15, 0.2) is 0 Å². The van der Waals surface area contributed by atoms with Crippen molar-refractivity contribution in [2.24, 2.45) is 0 Å². The van der Waals surface area contributed by atoms with Gasteiger partial charge in [0.2, 0.25) is 0 Å². The zero-order chi connectivity index (χ0) is 14.8. The lowest BCUT2D eigenvalue weighted by Gasteiger charge is -2.16. The summed E-state index contributed by atoms with van der Waals surface area (Å²) in [6.07, 6.45) is 0. The molecule has 0 atom stereocenters. The van der Waals surface area contributed by atoms with Crippen LogP contribution in [0, 0.1) is 6.92 Å². The van der Waals surface area contributed by atoms with Gasteiger partial charge in [0, 0.05) is 24.0 Å². The van der Waals surface area contributed by atoms with Gasteiger partial charge in [0.1, 0.15) is 5.69 Å². The second kappa shape index (κ2) is 5.66. The third-order valence-electron chi connectivity index (χ3n) is 3.42. The van der Waals surface area contributed by atoms with Crippen molar-refractivity contribution >= 4 is 27.3 Å². The summed E-state index contributed by atoms with van der Waals surface area (Å²) in [5, 5.41) is 3.34. The number of carbonyl (C=O) groups is 1. The van der Waals surface area contributed by atoms with Crippen LogP contribution >= 0.6 is 11.3 Å². The molecule has 0 unspecified atom stereocenters. The fourth-order valence-corrected chi connectivity index (χ4v) is 3.29. The Balaban J connectivity index is 1.83. The minimum atomic E-state index is -0.0472. The van der Waals surface area contributed by atoms with Gasteiger partial charge in [0.25, 0.3) is 5.91 Å². The first kappa shape index (κ1) is 13.8. The van der Waals surface area contributed by atoms with Crippen molar-refractivity contribution in [2.45, 2.75) is 13.5 Å². The van der Waals surface area contributed by atoms with Crippen LogP contribution in [0.5, 0.6) is 0 Å². The summed E-state index contributed by atoms with van der Waals surface area (Å²) < 4.78 is 1.25. The van der Waals surface area contributed by atoms with Crippen LogP contribution in [-0.4, -0.2) is 22.8 Å². The molecule has 2 aromatic heterocycles. The molecule has 0 saturated heterocycles. The molecule has 0 fully saturated rings. The fourth-order valence-electron chi connectivity index (χ4n) is 2.34. The van der Waals surface area contributed by atoms with E-state index in [1.54, 1.807) is 22.3 Å². The molecule has 0 bridgehead atoms. The van der Waals surface area contributed by atoms with Crippen LogP contribution in [0.3, 0.4) is 0 Å². The number of hydrogen-bond acceptors (Lipinski definition) is 3. The monoisotopic (exact) mass is 296 g/mol. The zero-order valence-electron chi connectivity index (χ0n) is 12.0. The van der Waals surface area contributed by atoms with Crippen LogP contribution in [0.4, 0.5) is 0 Å². The van der Waals surface area contributed by atoms with Crippen LogP contribution in [0.1, 0.15) is 21.7 Å². The third kappa shape index (κ3) is 2.81. The predicted molar refractivity (Wildman–Crippen MR) is 86.6 cm³/mol. The van der Waals surface area contributed by atoms with E-state index < -0.39 is 0 Å². The van der Waals surface area contributed by atoms with Gasteiger partial charge in [-0.1, -0.05) is 24.3 Å². The molecule has 4 heteroatoms. The van der Waals surface area contributed by atoms with Crippen molar-refractivity contribution < 1.29 is 4.79 Å². The number of thiophene rings is 1. The Labute approximate surface area is 127 Å². The van der Waals surface area contributed by atoms with E-state index in [1.807, 2.05) is 38.2 Å². The quantitative estimate of drug-likeness (QED) is 0.735. The molecule has 21 heavy (non-hydrogen) atoms. The van der Waals surface area contributed by atoms with Crippen molar-refractivity contribution in [1.82, 2.24) is 9.88 Å². The van der Waals surface area contributed by atoms with Gasteiger partial charge in [-0.25, -0.2) is 4.98 Å². The fraction of sp³-hybridized carbons (Fsp3) is 0.176. The van der Waals surface area contributed by atoms with E-state index in [-0.39, 0.29) is 5.91 Å². The van der Waals surface area contributed by atoms with E-state index in [4.69, 9.17) is 0 Å².